The van der Waals surface area contributed by atoms with Crippen molar-refractivity contribution in [2.24, 2.45) is 0 Å². The molecule has 19 heavy (non-hydrogen) atoms. The molecule has 2 rings (SSSR count). The maximum Gasteiger partial charge on any atom is 0.502 e. The topological polar surface area (TPSA) is 81.8 Å². The fourth-order valence-corrected chi connectivity index (χ4v) is 1.91. The number of nitro groups is 1. The predicted molar refractivity (Wildman–Crippen MR) is 70.5 cm³/mol. The highest BCUT2D eigenvalue weighted by Gasteiger charge is 2.53. The van der Waals surface area contributed by atoms with Crippen molar-refractivity contribution in [2.75, 3.05) is 0 Å². The van der Waals surface area contributed by atoms with Gasteiger partial charge in [-0.05, 0) is 33.8 Å². The average molecular weight is 265 g/mol. The van der Waals surface area contributed by atoms with Gasteiger partial charge < -0.3 is 14.4 Å². The van der Waals surface area contributed by atoms with Crippen LogP contribution in [0.15, 0.2) is 18.2 Å². The maximum atomic E-state index is 11.1. The molecule has 1 saturated heterocycles. The van der Waals surface area contributed by atoms with Crippen LogP contribution >= 0.6 is 0 Å². The van der Waals surface area contributed by atoms with Crippen molar-refractivity contribution < 1.29 is 19.3 Å². The van der Waals surface area contributed by atoms with Gasteiger partial charge in [0.1, 0.15) is 0 Å². The molecule has 1 aliphatic rings. The van der Waals surface area contributed by atoms with Gasteiger partial charge in [-0.15, -0.1) is 0 Å². The van der Waals surface area contributed by atoms with Gasteiger partial charge in [-0.1, -0.05) is 12.1 Å². The summed E-state index contributed by atoms with van der Waals surface area (Å²) in [6.07, 6.45) is 0. The van der Waals surface area contributed by atoms with E-state index in [0.717, 1.165) is 0 Å². The molecule has 0 bridgehead atoms. The van der Waals surface area contributed by atoms with Gasteiger partial charge in [0.05, 0.1) is 21.6 Å². The predicted octanol–water partition coefficient (Wildman–Crippen LogP) is 1.60. The van der Waals surface area contributed by atoms with Crippen LogP contribution in [0.4, 0.5) is 5.69 Å². The lowest BCUT2D eigenvalue weighted by molar-refractivity contribution is -0.384. The highest BCUT2D eigenvalue weighted by atomic mass is 16.7. The second-order valence-electron chi connectivity index (χ2n) is 5.56. The van der Waals surface area contributed by atoms with Crippen LogP contribution in [0.2, 0.25) is 0 Å². The summed E-state index contributed by atoms with van der Waals surface area (Å²) in [7, 11) is -0.863. The SMILES string of the molecule is CC1(C)OB(c2cccc(O)c2[N+](=O)[O-])OC1(C)C. The van der Waals surface area contributed by atoms with E-state index in [0.29, 0.717) is 0 Å². The Morgan fingerprint density at radius 1 is 1.21 bits per heavy atom. The van der Waals surface area contributed by atoms with Crippen molar-refractivity contribution in [3.8, 4) is 5.75 Å². The van der Waals surface area contributed by atoms with Gasteiger partial charge in [0.15, 0.2) is 5.75 Å². The second-order valence-corrected chi connectivity index (χ2v) is 5.56. The molecule has 6 nitrogen and oxygen atoms in total. The highest BCUT2D eigenvalue weighted by molar-refractivity contribution is 6.63. The van der Waals surface area contributed by atoms with Gasteiger partial charge in [0.2, 0.25) is 0 Å². The third-order valence-corrected chi connectivity index (χ3v) is 3.74. The van der Waals surface area contributed by atoms with Crippen LogP contribution in [0, 0.1) is 10.1 Å². The molecule has 0 unspecified atom stereocenters. The van der Waals surface area contributed by atoms with Gasteiger partial charge in [0.25, 0.3) is 0 Å². The van der Waals surface area contributed by atoms with Crippen molar-refractivity contribution in [1.29, 1.82) is 0 Å². The van der Waals surface area contributed by atoms with Crippen LogP contribution in [0.1, 0.15) is 27.7 Å². The van der Waals surface area contributed by atoms with Gasteiger partial charge in [-0.3, -0.25) is 10.1 Å². The number of hydrogen-bond acceptors (Lipinski definition) is 5. The van der Waals surface area contributed by atoms with E-state index in [1.54, 1.807) is 0 Å². The molecule has 1 aliphatic heterocycles. The van der Waals surface area contributed by atoms with Crippen LogP contribution in [0.25, 0.3) is 0 Å². The first-order valence-electron chi connectivity index (χ1n) is 5.97. The number of phenols is 1. The number of para-hydroxylation sites is 1. The summed E-state index contributed by atoms with van der Waals surface area (Å²) in [5.74, 6) is -0.391. The second kappa shape index (κ2) is 4.21. The molecule has 1 heterocycles. The fourth-order valence-electron chi connectivity index (χ4n) is 1.91. The third kappa shape index (κ3) is 2.19. The molecule has 0 spiro atoms. The lowest BCUT2D eigenvalue weighted by atomic mass is 9.77. The summed E-state index contributed by atoms with van der Waals surface area (Å²) >= 11 is 0. The lowest BCUT2D eigenvalue weighted by Gasteiger charge is -2.32. The Morgan fingerprint density at radius 3 is 2.21 bits per heavy atom. The quantitative estimate of drug-likeness (QED) is 0.499. The third-order valence-electron chi connectivity index (χ3n) is 3.74. The largest absolute Gasteiger partial charge is 0.502 e. The minimum atomic E-state index is -0.863. The van der Waals surface area contributed by atoms with E-state index in [1.807, 2.05) is 27.7 Å². The zero-order valence-electron chi connectivity index (χ0n) is 11.3. The minimum Gasteiger partial charge on any atom is -0.502 e. The van der Waals surface area contributed by atoms with Crippen molar-refractivity contribution in [1.82, 2.24) is 0 Å². The molecule has 0 saturated carbocycles. The Bertz CT molecular complexity index is 513. The smallest absolute Gasteiger partial charge is 0.502 e. The van der Waals surface area contributed by atoms with E-state index in [-0.39, 0.29) is 11.2 Å². The molecule has 7 heteroatoms. The molecule has 102 valence electrons. The average Bonchev–Trinajstić information content (AvgIpc) is 2.47. The van der Waals surface area contributed by atoms with E-state index >= 15 is 0 Å². The van der Waals surface area contributed by atoms with Gasteiger partial charge in [-0.2, -0.15) is 0 Å². The summed E-state index contributed by atoms with van der Waals surface area (Å²) in [5, 5.41) is 20.7. The van der Waals surface area contributed by atoms with Gasteiger partial charge in [0, 0.05) is 0 Å². The molecule has 0 radical (unpaired) electrons. The van der Waals surface area contributed by atoms with Crippen molar-refractivity contribution in [2.45, 2.75) is 38.9 Å². The zero-order valence-corrected chi connectivity index (χ0v) is 11.3. The molecule has 1 N–H and O–H groups in total. The molecule has 1 aromatic carbocycles. The van der Waals surface area contributed by atoms with Crippen LogP contribution in [0.5, 0.6) is 5.75 Å². The first-order valence-corrected chi connectivity index (χ1v) is 5.97. The summed E-state index contributed by atoms with van der Waals surface area (Å²) in [6, 6.07) is 4.33. The number of rotatable bonds is 2. The Hall–Kier alpha value is -1.60. The minimum absolute atomic E-state index is 0.226. The summed E-state index contributed by atoms with van der Waals surface area (Å²) in [6.45, 7) is 7.45. The number of phenolic OH excluding ortho intramolecular Hbond substituents is 1. The fraction of sp³-hybridized carbons (Fsp3) is 0.500. The number of aromatic hydroxyl groups is 1. The first kappa shape index (κ1) is 13.8. The van der Waals surface area contributed by atoms with E-state index in [1.165, 1.54) is 18.2 Å². The number of nitro benzene ring substituents is 1. The van der Waals surface area contributed by atoms with E-state index in [2.05, 4.69) is 0 Å². The van der Waals surface area contributed by atoms with Crippen LogP contribution in [0.3, 0.4) is 0 Å². The van der Waals surface area contributed by atoms with Crippen molar-refractivity contribution in [3.05, 3.63) is 28.3 Å². The summed E-state index contributed by atoms with van der Waals surface area (Å²) < 4.78 is 11.5. The summed E-state index contributed by atoms with van der Waals surface area (Å²) in [4.78, 5) is 10.4. The maximum absolute atomic E-state index is 11.1. The van der Waals surface area contributed by atoms with Crippen LogP contribution < -0.4 is 5.46 Å². The Balaban J connectivity index is 2.46. The zero-order chi connectivity index (χ0) is 14.4. The normalized spacial score (nSPS) is 20.5. The Labute approximate surface area is 111 Å². The van der Waals surface area contributed by atoms with Crippen molar-refractivity contribution >= 4 is 18.3 Å². The lowest BCUT2D eigenvalue weighted by Crippen LogP contribution is -2.41. The number of benzene rings is 1. The molecular weight excluding hydrogens is 249 g/mol. The van der Waals surface area contributed by atoms with Crippen molar-refractivity contribution in [3.63, 3.8) is 0 Å². The molecule has 1 fully saturated rings. The van der Waals surface area contributed by atoms with E-state index in [9.17, 15) is 15.2 Å². The number of hydrogen-bond donors (Lipinski definition) is 1. The van der Waals surface area contributed by atoms with E-state index < -0.39 is 29.0 Å². The molecule has 1 aromatic rings. The van der Waals surface area contributed by atoms with Crippen LogP contribution in [-0.4, -0.2) is 28.4 Å². The van der Waals surface area contributed by atoms with Gasteiger partial charge >= 0.3 is 12.8 Å². The molecular formula is C12H16BNO5. The van der Waals surface area contributed by atoms with E-state index in [4.69, 9.17) is 9.31 Å². The number of nitrogens with zero attached hydrogens (tertiary/aromatic N) is 1. The first-order chi connectivity index (χ1) is 8.66. The molecule has 0 amide bonds. The van der Waals surface area contributed by atoms with Crippen LogP contribution in [-0.2, 0) is 9.31 Å². The molecule has 0 atom stereocenters. The standard InChI is InChI=1S/C12H16BNO5/c1-11(2)12(3,4)19-13(18-11)8-6-5-7-9(15)10(8)14(16)17/h5-7,15H,1-4H3. The Morgan fingerprint density at radius 2 is 1.74 bits per heavy atom. The molecule has 0 aromatic heterocycles. The van der Waals surface area contributed by atoms with Gasteiger partial charge in [-0.25, -0.2) is 0 Å². The molecule has 0 aliphatic carbocycles. The Kier molecular flexibility index (Phi) is 3.06. The summed E-state index contributed by atoms with van der Waals surface area (Å²) in [5.41, 5.74) is -1.32. The monoisotopic (exact) mass is 265 g/mol. The highest BCUT2D eigenvalue weighted by Crippen LogP contribution is 2.37.